The first-order chi connectivity index (χ1) is 11.6. The fourth-order valence-corrected chi connectivity index (χ4v) is 2.00. The van der Waals surface area contributed by atoms with Gasteiger partial charge in [0.1, 0.15) is 5.75 Å². The predicted molar refractivity (Wildman–Crippen MR) is 94.3 cm³/mol. The van der Waals surface area contributed by atoms with Crippen LogP contribution >= 0.6 is 0 Å². The number of aliphatic imine (C=N–C) groups is 1. The molecule has 0 aliphatic heterocycles. The molecular formula is C18H21N3O3. The van der Waals surface area contributed by atoms with E-state index in [1.807, 2.05) is 36.4 Å². The van der Waals surface area contributed by atoms with Crippen LogP contribution in [0.2, 0.25) is 0 Å². The van der Waals surface area contributed by atoms with Crippen molar-refractivity contribution in [2.75, 3.05) is 19.0 Å². The third-order valence-corrected chi connectivity index (χ3v) is 3.26. The van der Waals surface area contributed by atoms with Gasteiger partial charge in [0.2, 0.25) is 0 Å². The van der Waals surface area contributed by atoms with Crippen molar-refractivity contribution in [1.29, 1.82) is 0 Å². The van der Waals surface area contributed by atoms with Crippen LogP contribution in [0.4, 0.5) is 5.69 Å². The SMILES string of the molecule is CCOC(=O)c1ccc(CN=C(N)Nc2ccc(OC)cc2)cc1. The number of anilines is 1. The maximum absolute atomic E-state index is 11.6. The van der Waals surface area contributed by atoms with Gasteiger partial charge in [-0.05, 0) is 48.9 Å². The molecule has 2 rings (SSSR count). The molecule has 0 fully saturated rings. The lowest BCUT2D eigenvalue weighted by molar-refractivity contribution is 0.0526. The highest BCUT2D eigenvalue weighted by atomic mass is 16.5. The Labute approximate surface area is 141 Å². The summed E-state index contributed by atoms with van der Waals surface area (Å²) in [6.07, 6.45) is 0. The third kappa shape index (κ3) is 5.01. The molecule has 0 radical (unpaired) electrons. The van der Waals surface area contributed by atoms with Crippen LogP contribution in [-0.2, 0) is 11.3 Å². The molecule has 2 aromatic carbocycles. The minimum absolute atomic E-state index is 0.314. The van der Waals surface area contributed by atoms with Crippen LogP contribution in [0, 0.1) is 0 Å². The van der Waals surface area contributed by atoms with Crippen molar-refractivity contribution in [3.05, 3.63) is 59.7 Å². The molecule has 0 atom stereocenters. The molecule has 0 unspecified atom stereocenters. The molecule has 0 heterocycles. The fraction of sp³-hybridized carbons (Fsp3) is 0.222. The van der Waals surface area contributed by atoms with Crippen LogP contribution in [0.25, 0.3) is 0 Å². The van der Waals surface area contributed by atoms with Gasteiger partial charge in [0.25, 0.3) is 0 Å². The molecule has 0 amide bonds. The van der Waals surface area contributed by atoms with E-state index in [0.717, 1.165) is 17.0 Å². The number of nitrogens with zero attached hydrogens (tertiary/aromatic N) is 1. The number of rotatable bonds is 6. The van der Waals surface area contributed by atoms with E-state index in [9.17, 15) is 4.79 Å². The van der Waals surface area contributed by atoms with Gasteiger partial charge >= 0.3 is 5.97 Å². The number of carbonyl (C=O) groups is 1. The molecule has 126 valence electrons. The highest BCUT2D eigenvalue weighted by Gasteiger charge is 2.05. The van der Waals surface area contributed by atoms with Gasteiger partial charge in [-0.15, -0.1) is 0 Å². The largest absolute Gasteiger partial charge is 0.497 e. The predicted octanol–water partition coefficient (Wildman–Crippen LogP) is 2.80. The lowest BCUT2D eigenvalue weighted by Gasteiger charge is -2.07. The molecule has 6 heteroatoms. The minimum atomic E-state index is -0.326. The number of nitrogens with one attached hydrogen (secondary N) is 1. The fourth-order valence-electron chi connectivity index (χ4n) is 2.00. The smallest absolute Gasteiger partial charge is 0.338 e. The van der Waals surface area contributed by atoms with Crippen LogP contribution in [-0.4, -0.2) is 25.6 Å². The lowest BCUT2D eigenvalue weighted by Crippen LogP contribution is -2.22. The van der Waals surface area contributed by atoms with Crippen molar-refractivity contribution < 1.29 is 14.3 Å². The van der Waals surface area contributed by atoms with Crippen LogP contribution in [0.5, 0.6) is 5.75 Å². The number of methoxy groups -OCH3 is 1. The van der Waals surface area contributed by atoms with E-state index in [1.54, 1.807) is 26.2 Å². The zero-order valence-electron chi connectivity index (χ0n) is 13.8. The standard InChI is InChI=1S/C18H21N3O3/c1-3-24-17(22)14-6-4-13(5-7-14)12-20-18(19)21-15-8-10-16(23-2)11-9-15/h4-11H,3,12H2,1-2H3,(H3,19,20,21). The number of hydrogen-bond acceptors (Lipinski definition) is 4. The Kier molecular flexibility index (Phi) is 6.19. The number of esters is 1. The first kappa shape index (κ1) is 17.3. The second-order valence-electron chi connectivity index (χ2n) is 4.97. The summed E-state index contributed by atoms with van der Waals surface area (Å²) in [5, 5.41) is 3.01. The van der Waals surface area contributed by atoms with Gasteiger partial charge in [0, 0.05) is 5.69 Å². The summed E-state index contributed by atoms with van der Waals surface area (Å²) in [7, 11) is 1.62. The first-order valence-electron chi connectivity index (χ1n) is 7.59. The maximum atomic E-state index is 11.6. The molecule has 0 saturated heterocycles. The summed E-state index contributed by atoms with van der Waals surface area (Å²) in [4.78, 5) is 15.9. The van der Waals surface area contributed by atoms with Crippen molar-refractivity contribution in [2.45, 2.75) is 13.5 Å². The van der Waals surface area contributed by atoms with Crippen LogP contribution < -0.4 is 15.8 Å². The summed E-state index contributed by atoms with van der Waals surface area (Å²) in [6, 6.07) is 14.5. The molecule has 0 aromatic heterocycles. The number of nitrogens with two attached hydrogens (primary N) is 1. The van der Waals surface area contributed by atoms with Crippen molar-refractivity contribution in [3.63, 3.8) is 0 Å². The van der Waals surface area contributed by atoms with Crippen molar-refractivity contribution in [3.8, 4) is 5.75 Å². The Morgan fingerprint density at radius 3 is 2.38 bits per heavy atom. The molecule has 0 aliphatic rings. The molecule has 0 spiro atoms. The topological polar surface area (TPSA) is 85.9 Å². The van der Waals surface area contributed by atoms with E-state index < -0.39 is 0 Å². The van der Waals surface area contributed by atoms with Gasteiger partial charge in [-0.2, -0.15) is 0 Å². The normalized spacial score (nSPS) is 11.0. The average Bonchev–Trinajstić information content (AvgIpc) is 2.61. The number of benzene rings is 2. The lowest BCUT2D eigenvalue weighted by atomic mass is 10.1. The monoisotopic (exact) mass is 327 g/mol. The molecular weight excluding hydrogens is 306 g/mol. The zero-order chi connectivity index (χ0) is 17.4. The van der Waals surface area contributed by atoms with Crippen LogP contribution in [0.15, 0.2) is 53.5 Å². The molecule has 0 aliphatic carbocycles. The van der Waals surface area contributed by atoms with E-state index in [2.05, 4.69) is 10.3 Å². The van der Waals surface area contributed by atoms with E-state index >= 15 is 0 Å². The van der Waals surface area contributed by atoms with Gasteiger partial charge in [-0.1, -0.05) is 12.1 Å². The first-order valence-corrected chi connectivity index (χ1v) is 7.59. The number of guanidine groups is 1. The average molecular weight is 327 g/mol. The van der Waals surface area contributed by atoms with Crippen molar-refractivity contribution >= 4 is 17.6 Å². The number of hydrogen-bond donors (Lipinski definition) is 2. The molecule has 6 nitrogen and oxygen atoms in total. The highest BCUT2D eigenvalue weighted by molar-refractivity contribution is 5.92. The molecule has 3 N–H and O–H groups in total. The quantitative estimate of drug-likeness (QED) is 0.484. The summed E-state index contributed by atoms with van der Waals surface area (Å²) in [5.41, 5.74) is 8.17. The summed E-state index contributed by atoms with van der Waals surface area (Å²) >= 11 is 0. The maximum Gasteiger partial charge on any atom is 0.338 e. The van der Waals surface area contributed by atoms with Gasteiger partial charge < -0.3 is 20.5 Å². The van der Waals surface area contributed by atoms with Gasteiger partial charge in [-0.25, -0.2) is 9.79 Å². The number of carbonyl (C=O) groups excluding carboxylic acids is 1. The second-order valence-corrected chi connectivity index (χ2v) is 4.97. The Bertz CT molecular complexity index is 694. The van der Waals surface area contributed by atoms with E-state index in [-0.39, 0.29) is 5.97 Å². The minimum Gasteiger partial charge on any atom is -0.497 e. The Hall–Kier alpha value is -3.02. The zero-order valence-corrected chi connectivity index (χ0v) is 13.8. The Morgan fingerprint density at radius 1 is 1.12 bits per heavy atom. The summed E-state index contributed by atoms with van der Waals surface area (Å²) in [6.45, 7) is 2.55. The van der Waals surface area contributed by atoms with E-state index in [0.29, 0.717) is 24.7 Å². The molecule has 24 heavy (non-hydrogen) atoms. The summed E-state index contributed by atoms with van der Waals surface area (Å²) in [5.74, 6) is 0.764. The molecule has 2 aromatic rings. The van der Waals surface area contributed by atoms with Crippen molar-refractivity contribution in [2.24, 2.45) is 10.7 Å². The molecule has 0 saturated carbocycles. The van der Waals surface area contributed by atoms with Crippen molar-refractivity contribution in [1.82, 2.24) is 0 Å². The van der Waals surface area contributed by atoms with Gasteiger partial charge in [0.15, 0.2) is 5.96 Å². The van der Waals surface area contributed by atoms with E-state index in [4.69, 9.17) is 15.2 Å². The van der Waals surface area contributed by atoms with E-state index in [1.165, 1.54) is 0 Å². The Morgan fingerprint density at radius 2 is 1.79 bits per heavy atom. The summed E-state index contributed by atoms with van der Waals surface area (Å²) < 4.78 is 10.0. The van der Waals surface area contributed by atoms with Gasteiger partial charge in [0.05, 0.1) is 25.8 Å². The highest BCUT2D eigenvalue weighted by Crippen LogP contribution is 2.14. The third-order valence-electron chi connectivity index (χ3n) is 3.26. The second kappa shape index (κ2) is 8.57. The van der Waals surface area contributed by atoms with Gasteiger partial charge in [-0.3, -0.25) is 0 Å². The molecule has 0 bridgehead atoms. The van der Waals surface area contributed by atoms with Crippen LogP contribution in [0.1, 0.15) is 22.8 Å². The number of ether oxygens (including phenoxy) is 2. The van der Waals surface area contributed by atoms with Crippen LogP contribution in [0.3, 0.4) is 0 Å². The Balaban J connectivity index is 1.92.